The third-order valence-corrected chi connectivity index (χ3v) is 2.71. The molecule has 0 saturated heterocycles. The van der Waals surface area contributed by atoms with Gasteiger partial charge in [0, 0.05) is 24.0 Å². The number of hydrogen-bond acceptors (Lipinski definition) is 3. The number of hydrogen-bond donors (Lipinski definition) is 0. The Balaban J connectivity index is 0. The van der Waals surface area contributed by atoms with Gasteiger partial charge in [-0.05, 0) is 17.7 Å². The van der Waals surface area contributed by atoms with E-state index in [9.17, 15) is 0 Å². The van der Waals surface area contributed by atoms with Gasteiger partial charge in [-0.2, -0.15) is 0 Å². The molecular formula is C10H19ClOS2. The van der Waals surface area contributed by atoms with Crippen molar-refractivity contribution < 1.29 is 4.74 Å². The molecule has 0 aromatic rings. The number of ether oxygens (including phenoxy) is 1. The largest absolute Gasteiger partial charge is 0.381 e. The first-order valence-electron chi connectivity index (χ1n) is 4.42. The van der Waals surface area contributed by atoms with Gasteiger partial charge < -0.3 is 4.74 Å². The predicted molar refractivity (Wildman–Crippen MR) is 72.5 cm³/mol. The summed E-state index contributed by atoms with van der Waals surface area (Å²) in [6.07, 6.45) is 0. The average Bonchev–Trinajstić information content (AvgIpc) is 2.22. The maximum atomic E-state index is 5.31. The van der Waals surface area contributed by atoms with Crippen LogP contribution in [0.25, 0.3) is 0 Å². The lowest BCUT2D eigenvalue weighted by atomic mass is 10.8. The van der Waals surface area contributed by atoms with E-state index in [4.69, 9.17) is 16.3 Å². The minimum Gasteiger partial charge on any atom is -0.381 e. The molecule has 0 aromatic heterocycles. The van der Waals surface area contributed by atoms with Gasteiger partial charge in [0.2, 0.25) is 0 Å². The van der Waals surface area contributed by atoms with Crippen molar-refractivity contribution in [2.75, 3.05) is 30.6 Å². The monoisotopic (exact) mass is 254 g/mol. The Kier molecular flexibility index (Phi) is 23.0. The van der Waals surface area contributed by atoms with Gasteiger partial charge >= 0.3 is 0 Å². The second kappa shape index (κ2) is 19.1. The standard InChI is InChI=1S/C6H12OS.C4H7ClS/c1-3-7-5-6-8-4-2;1-2-6-4-3-5/h4H,2-3,5-6H2,1H3;2H,1,3-4H2. The highest BCUT2D eigenvalue weighted by atomic mass is 35.5. The number of rotatable bonds is 8. The minimum atomic E-state index is 0.719. The maximum absolute atomic E-state index is 5.31. The predicted octanol–water partition coefficient (Wildman–Crippen LogP) is 4.00. The summed E-state index contributed by atoms with van der Waals surface area (Å²) in [5.41, 5.74) is 0. The van der Waals surface area contributed by atoms with Crippen molar-refractivity contribution in [1.82, 2.24) is 0 Å². The fraction of sp³-hybridized carbons (Fsp3) is 0.600. The van der Waals surface area contributed by atoms with Crippen molar-refractivity contribution in [2.24, 2.45) is 0 Å². The van der Waals surface area contributed by atoms with Gasteiger partial charge in [-0.1, -0.05) is 13.2 Å². The zero-order valence-electron chi connectivity index (χ0n) is 8.71. The molecule has 0 N–H and O–H groups in total. The summed E-state index contributed by atoms with van der Waals surface area (Å²) in [5.74, 6) is 2.72. The van der Waals surface area contributed by atoms with Crippen LogP contribution in [0.4, 0.5) is 0 Å². The summed E-state index contributed by atoms with van der Waals surface area (Å²) in [7, 11) is 0. The van der Waals surface area contributed by atoms with Crippen molar-refractivity contribution in [3.8, 4) is 0 Å². The van der Waals surface area contributed by atoms with Gasteiger partial charge in [-0.25, -0.2) is 0 Å². The molecule has 4 heteroatoms. The van der Waals surface area contributed by atoms with Crippen LogP contribution in [0.15, 0.2) is 24.0 Å². The van der Waals surface area contributed by atoms with Crippen LogP contribution < -0.4 is 0 Å². The van der Waals surface area contributed by atoms with Crippen molar-refractivity contribution in [1.29, 1.82) is 0 Å². The zero-order valence-corrected chi connectivity index (χ0v) is 11.1. The summed E-state index contributed by atoms with van der Waals surface area (Å²) in [6.45, 7) is 10.7. The maximum Gasteiger partial charge on any atom is 0.0559 e. The summed E-state index contributed by atoms with van der Waals surface area (Å²) < 4.78 is 5.07. The summed E-state index contributed by atoms with van der Waals surface area (Å²) >= 11 is 8.64. The van der Waals surface area contributed by atoms with E-state index in [1.807, 2.05) is 12.3 Å². The lowest BCUT2D eigenvalue weighted by molar-refractivity contribution is 0.164. The van der Waals surface area contributed by atoms with Gasteiger partial charge in [0.1, 0.15) is 0 Å². The summed E-state index contributed by atoms with van der Waals surface area (Å²) in [5, 5.41) is 3.63. The Hall–Kier alpha value is 0.430. The fourth-order valence-corrected chi connectivity index (χ4v) is 1.37. The highest BCUT2D eigenvalue weighted by Crippen LogP contribution is 1.98. The zero-order chi connectivity index (χ0) is 11.1. The lowest BCUT2D eigenvalue weighted by Gasteiger charge is -1.95. The molecule has 0 unspecified atom stereocenters. The molecule has 0 aliphatic rings. The molecule has 0 spiro atoms. The topological polar surface area (TPSA) is 9.23 Å². The van der Waals surface area contributed by atoms with Gasteiger partial charge in [0.05, 0.1) is 6.61 Å². The van der Waals surface area contributed by atoms with E-state index in [1.165, 1.54) is 0 Å². The Morgan fingerprint density at radius 3 is 2.14 bits per heavy atom. The Morgan fingerprint density at radius 2 is 1.79 bits per heavy atom. The highest BCUT2D eigenvalue weighted by molar-refractivity contribution is 8.02. The first-order valence-corrected chi connectivity index (χ1v) is 7.05. The molecule has 0 fully saturated rings. The average molecular weight is 255 g/mol. The molecule has 0 saturated carbocycles. The van der Waals surface area contributed by atoms with Crippen LogP contribution in [0.2, 0.25) is 0 Å². The van der Waals surface area contributed by atoms with Crippen LogP contribution in [0.3, 0.4) is 0 Å². The second-order valence-electron chi connectivity index (χ2n) is 1.96. The van der Waals surface area contributed by atoms with E-state index in [1.54, 1.807) is 28.9 Å². The molecule has 0 aliphatic carbocycles. The quantitative estimate of drug-likeness (QED) is 0.479. The smallest absolute Gasteiger partial charge is 0.0559 e. The minimum absolute atomic E-state index is 0.719. The third-order valence-electron chi connectivity index (χ3n) is 0.980. The van der Waals surface area contributed by atoms with E-state index < -0.39 is 0 Å². The number of halogens is 1. The first-order chi connectivity index (χ1) is 6.83. The Morgan fingerprint density at radius 1 is 1.21 bits per heavy atom. The van der Waals surface area contributed by atoms with E-state index in [2.05, 4.69) is 13.2 Å². The highest BCUT2D eigenvalue weighted by Gasteiger charge is 1.80. The fourth-order valence-electron chi connectivity index (χ4n) is 0.463. The lowest BCUT2D eigenvalue weighted by Crippen LogP contribution is -1.94. The molecule has 0 radical (unpaired) electrons. The van der Waals surface area contributed by atoms with Gasteiger partial charge in [-0.3, -0.25) is 0 Å². The molecule has 0 rings (SSSR count). The molecule has 0 bridgehead atoms. The van der Waals surface area contributed by atoms with Crippen LogP contribution >= 0.6 is 35.1 Å². The van der Waals surface area contributed by atoms with Crippen molar-refractivity contribution in [2.45, 2.75) is 6.92 Å². The van der Waals surface area contributed by atoms with Crippen molar-refractivity contribution in [3.05, 3.63) is 24.0 Å². The van der Waals surface area contributed by atoms with Crippen molar-refractivity contribution >= 4 is 35.1 Å². The molecule has 1 nitrogen and oxygen atoms in total. The van der Waals surface area contributed by atoms with E-state index >= 15 is 0 Å². The molecule has 14 heavy (non-hydrogen) atoms. The summed E-state index contributed by atoms with van der Waals surface area (Å²) in [6, 6.07) is 0. The third kappa shape index (κ3) is 22.9. The molecule has 0 aromatic carbocycles. The van der Waals surface area contributed by atoms with E-state index in [0.29, 0.717) is 0 Å². The summed E-state index contributed by atoms with van der Waals surface area (Å²) in [4.78, 5) is 0. The van der Waals surface area contributed by atoms with Gasteiger partial charge in [0.15, 0.2) is 0 Å². The molecule has 0 heterocycles. The first kappa shape index (κ1) is 16.8. The SMILES string of the molecule is C=CSCCCl.C=CSCCOCC. The Labute approximate surface area is 101 Å². The molecule has 84 valence electrons. The molecule has 0 atom stereocenters. The molecule has 0 aliphatic heterocycles. The number of thioether (sulfide) groups is 2. The van der Waals surface area contributed by atoms with Crippen LogP contribution in [-0.4, -0.2) is 30.6 Å². The van der Waals surface area contributed by atoms with Crippen LogP contribution in [0.1, 0.15) is 6.92 Å². The van der Waals surface area contributed by atoms with Gasteiger partial charge in [0.25, 0.3) is 0 Å². The van der Waals surface area contributed by atoms with Crippen LogP contribution in [0, 0.1) is 0 Å². The van der Waals surface area contributed by atoms with E-state index in [0.717, 1.165) is 30.6 Å². The molecular weight excluding hydrogens is 236 g/mol. The second-order valence-corrected chi connectivity index (χ2v) is 4.49. The molecule has 0 amide bonds. The van der Waals surface area contributed by atoms with Crippen LogP contribution in [-0.2, 0) is 4.74 Å². The van der Waals surface area contributed by atoms with Gasteiger partial charge in [-0.15, -0.1) is 35.1 Å². The van der Waals surface area contributed by atoms with E-state index in [-0.39, 0.29) is 0 Å². The normalized spacial score (nSPS) is 8.71. The Bertz CT molecular complexity index is 121. The van der Waals surface area contributed by atoms with Crippen LogP contribution in [0.5, 0.6) is 0 Å². The van der Waals surface area contributed by atoms with Crippen molar-refractivity contribution in [3.63, 3.8) is 0 Å². The number of alkyl halides is 1.